The summed E-state index contributed by atoms with van der Waals surface area (Å²) in [4.78, 5) is 4.26. The van der Waals surface area contributed by atoms with Crippen LogP contribution in [0.3, 0.4) is 0 Å². The number of hydrogen-bond acceptors (Lipinski definition) is 4. The van der Waals surface area contributed by atoms with Gasteiger partial charge in [-0.15, -0.1) is 24.0 Å². The quantitative estimate of drug-likeness (QED) is 0.227. The maximum absolute atomic E-state index is 5.78. The number of aromatic nitrogens is 2. The third kappa shape index (κ3) is 9.75. The van der Waals surface area contributed by atoms with E-state index in [1.54, 1.807) is 7.05 Å². The molecule has 2 N–H and O–H groups in total. The van der Waals surface area contributed by atoms with Crippen molar-refractivity contribution in [3.63, 3.8) is 0 Å². The fraction of sp³-hybridized carbons (Fsp3) is 0.789. The number of hydrogen-bond donors (Lipinski definition) is 2. The fourth-order valence-corrected chi connectivity index (χ4v) is 3.10. The van der Waals surface area contributed by atoms with E-state index in [9.17, 15) is 0 Å². The molecule has 27 heavy (non-hydrogen) atoms. The van der Waals surface area contributed by atoms with Gasteiger partial charge >= 0.3 is 0 Å². The lowest BCUT2D eigenvalue weighted by Crippen LogP contribution is -2.38. The minimum atomic E-state index is 0. The molecule has 2 rings (SSSR count). The number of rotatable bonds is 10. The van der Waals surface area contributed by atoms with Crippen LogP contribution in [-0.4, -0.2) is 62.3 Å². The maximum Gasteiger partial charge on any atom is 0.190 e. The van der Waals surface area contributed by atoms with Gasteiger partial charge in [0.2, 0.25) is 0 Å². The molecule has 0 aromatic carbocycles. The molecule has 1 aliphatic rings. The van der Waals surface area contributed by atoms with Crippen molar-refractivity contribution >= 4 is 29.9 Å². The van der Waals surface area contributed by atoms with E-state index in [2.05, 4.69) is 38.4 Å². The monoisotopic (exact) mass is 493 g/mol. The maximum atomic E-state index is 5.78. The van der Waals surface area contributed by atoms with E-state index >= 15 is 0 Å². The van der Waals surface area contributed by atoms with Crippen molar-refractivity contribution in [2.45, 2.75) is 46.1 Å². The van der Waals surface area contributed by atoms with Crippen molar-refractivity contribution in [2.75, 3.05) is 46.6 Å². The summed E-state index contributed by atoms with van der Waals surface area (Å²) < 4.78 is 13.2. The molecule has 0 aliphatic carbocycles. The molecule has 1 saturated heterocycles. The van der Waals surface area contributed by atoms with Crippen LogP contribution in [0.15, 0.2) is 11.1 Å². The predicted molar refractivity (Wildman–Crippen MR) is 120 cm³/mol. The Kier molecular flexibility index (Phi) is 12.7. The van der Waals surface area contributed by atoms with Crippen LogP contribution < -0.4 is 10.6 Å². The Bertz CT molecular complexity index is 544. The van der Waals surface area contributed by atoms with Gasteiger partial charge in [-0.25, -0.2) is 0 Å². The summed E-state index contributed by atoms with van der Waals surface area (Å²) in [6, 6.07) is 2.11. The second-order valence-corrected chi connectivity index (χ2v) is 6.91. The highest BCUT2D eigenvalue weighted by atomic mass is 127. The van der Waals surface area contributed by atoms with Crippen LogP contribution >= 0.6 is 24.0 Å². The van der Waals surface area contributed by atoms with Crippen LogP contribution in [0.25, 0.3) is 0 Å². The van der Waals surface area contributed by atoms with Crippen LogP contribution in [0, 0.1) is 19.8 Å². The summed E-state index contributed by atoms with van der Waals surface area (Å²) >= 11 is 0. The largest absolute Gasteiger partial charge is 0.381 e. The van der Waals surface area contributed by atoms with E-state index in [1.165, 1.54) is 5.69 Å². The fourth-order valence-electron chi connectivity index (χ4n) is 3.10. The van der Waals surface area contributed by atoms with Crippen molar-refractivity contribution in [1.29, 1.82) is 0 Å². The van der Waals surface area contributed by atoms with Gasteiger partial charge in [0.25, 0.3) is 0 Å². The Morgan fingerprint density at radius 3 is 2.59 bits per heavy atom. The highest BCUT2D eigenvalue weighted by Gasteiger charge is 2.13. The standard InChI is InChI=1S/C19H35N5O2.HI/c1-16-14-17(2)24(23-16)10-4-8-21-19(20-3)22-9-5-11-26-15-18-6-12-25-13-7-18;/h14,18H,4-13,15H2,1-3H3,(H2,20,21,22);1H. The molecule has 0 bridgehead atoms. The molecular weight excluding hydrogens is 457 g/mol. The second-order valence-electron chi connectivity index (χ2n) is 6.91. The van der Waals surface area contributed by atoms with Crippen LogP contribution in [0.1, 0.15) is 37.1 Å². The highest BCUT2D eigenvalue weighted by molar-refractivity contribution is 14.0. The predicted octanol–water partition coefficient (Wildman–Crippen LogP) is 2.51. The molecule has 1 aromatic heterocycles. The van der Waals surface area contributed by atoms with Gasteiger partial charge in [-0.3, -0.25) is 9.67 Å². The zero-order chi connectivity index (χ0) is 18.6. The first-order valence-corrected chi connectivity index (χ1v) is 9.80. The lowest BCUT2D eigenvalue weighted by molar-refractivity contribution is 0.0203. The molecule has 1 aromatic rings. The SMILES string of the molecule is CN=C(NCCCOCC1CCOCC1)NCCCn1nc(C)cc1C.I. The van der Waals surface area contributed by atoms with E-state index in [4.69, 9.17) is 9.47 Å². The number of nitrogens with zero attached hydrogens (tertiary/aromatic N) is 3. The van der Waals surface area contributed by atoms with Crippen molar-refractivity contribution in [2.24, 2.45) is 10.9 Å². The van der Waals surface area contributed by atoms with Crippen LogP contribution in [0.2, 0.25) is 0 Å². The average Bonchev–Trinajstić information content (AvgIpc) is 2.97. The number of ether oxygens (including phenoxy) is 2. The van der Waals surface area contributed by atoms with Gasteiger partial charge in [-0.1, -0.05) is 0 Å². The minimum absolute atomic E-state index is 0. The van der Waals surface area contributed by atoms with Crippen molar-refractivity contribution in [3.8, 4) is 0 Å². The zero-order valence-corrected chi connectivity index (χ0v) is 19.3. The van der Waals surface area contributed by atoms with E-state index in [0.29, 0.717) is 5.92 Å². The van der Waals surface area contributed by atoms with E-state index in [-0.39, 0.29) is 24.0 Å². The first-order chi connectivity index (χ1) is 12.7. The minimum Gasteiger partial charge on any atom is -0.381 e. The van der Waals surface area contributed by atoms with E-state index in [0.717, 1.165) is 83.4 Å². The molecule has 0 saturated carbocycles. The number of halogens is 1. The Labute approximate surface area is 180 Å². The van der Waals surface area contributed by atoms with E-state index in [1.807, 2.05) is 6.92 Å². The molecule has 0 radical (unpaired) electrons. The van der Waals surface area contributed by atoms with Gasteiger partial charge in [0, 0.05) is 58.8 Å². The molecule has 0 unspecified atom stereocenters. The van der Waals surface area contributed by atoms with Crippen molar-refractivity contribution in [1.82, 2.24) is 20.4 Å². The Balaban J connectivity index is 0.00000364. The van der Waals surface area contributed by atoms with Crippen LogP contribution in [0.4, 0.5) is 0 Å². The molecule has 0 amide bonds. The first-order valence-electron chi connectivity index (χ1n) is 9.80. The van der Waals surface area contributed by atoms with Gasteiger partial charge in [0.05, 0.1) is 5.69 Å². The molecule has 8 heteroatoms. The zero-order valence-electron chi connectivity index (χ0n) is 17.0. The summed E-state index contributed by atoms with van der Waals surface area (Å²) in [5.41, 5.74) is 2.29. The summed E-state index contributed by atoms with van der Waals surface area (Å²) in [7, 11) is 1.80. The first kappa shape index (κ1) is 24.2. The topological polar surface area (TPSA) is 72.7 Å². The molecule has 156 valence electrons. The summed E-state index contributed by atoms with van der Waals surface area (Å²) in [5.74, 6) is 1.52. The van der Waals surface area contributed by atoms with Gasteiger partial charge in [0.15, 0.2) is 5.96 Å². The number of aliphatic imine (C=N–C) groups is 1. The normalized spacial score (nSPS) is 15.4. The van der Waals surface area contributed by atoms with Gasteiger partial charge in [-0.05, 0) is 51.5 Å². The van der Waals surface area contributed by atoms with Crippen molar-refractivity contribution < 1.29 is 9.47 Å². The molecule has 2 heterocycles. The van der Waals surface area contributed by atoms with Gasteiger partial charge in [0.1, 0.15) is 0 Å². The van der Waals surface area contributed by atoms with Crippen LogP contribution in [0.5, 0.6) is 0 Å². The summed E-state index contributed by atoms with van der Waals surface area (Å²) in [6.07, 6.45) is 4.26. The Morgan fingerprint density at radius 1 is 1.26 bits per heavy atom. The highest BCUT2D eigenvalue weighted by Crippen LogP contribution is 2.14. The molecule has 1 fully saturated rings. The number of guanidine groups is 1. The molecule has 0 spiro atoms. The molecule has 7 nitrogen and oxygen atoms in total. The molecule has 1 aliphatic heterocycles. The van der Waals surface area contributed by atoms with E-state index < -0.39 is 0 Å². The summed E-state index contributed by atoms with van der Waals surface area (Å²) in [6.45, 7) is 10.2. The number of nitrogens with one attached hydrogen (secondary N) is 2. The van der Waals surface area contributed by atoms with Gasteiger partial charge in [-0.2, -0.15) is 5.10 Å². The smallest absolute Gasteiger partial charge is 0.190 e. The molecular formula is C19H36IN5O2. The van der Waals surface area contributed by atoms with Gasteiger partial charge < -0.3 is 20.1 Å². The number of aryl methyl sites for hydroxylation is 3. The summed E-state index contributed by atoms with van der Waals surface area (Å²) in [5, 5.41) is 11.2. The van der Waals surface area contributed by atoms with Crippen molar-refractivity contribution in [3.05, 3.63) is 17.5 Å². The van der Waals surface area contributed by atoms with Crippen LogP contribution in [-0.2, 0) is 16.0 Å². The average molecular weight is 493 g/mol. The Morgan fingerprint density at radius 2 is 1.96 bits per heavy atom. The lowest BCUT2D eigenvalue weighted by Gasteiger charge is -2.21. The third-order valence-electron chi connectivity index (χ3n) is 4.62. The lowest BCUT2D eigenvalue weighted by atomic mass is 10.0. The Hall–Kier alpha value is -0.870. The third-order valence-corrected chi connectivity index (χ3v) is 4.62. The molecule has 0 atom stereocenters. The second kappa shape index (κ2) is 14.2.